The number of benzene rings is 1. The van der Waals surface area contributed by atoms with Crippen molar-refractivity contribution >= 4 is 16.6 Å². The Morgan fingerprint density at radius 2 is 1.29 bits per heavy atom. The van der Waals surface area contributed by atoms with Crippen LogP contribution in [0.3, 0.4) is 0 Å². The number of anilines is 1. The van der Waals surface area contributed by atoms with Gasteiger partial charge in [0.1, 0.15) is 0 Å². The molecular weight excluding hydrogens is 498 g/mol. The average molecular weight is 564 g/mol. The van der Waals surface area contributed by atoms with Crippen molar-refractivity contribution in [2.45, 2.75) is 173 Å². The Kier molecular flexibility index (Phi) is 17.8. The lowest BCUT2D eigenvalue weighted by Crippen LogP contribution is -2.16. The van der Waals surface area contributed by atoms with Crippen LogP contribution in [0.1, 0.15) is 167 Å². The van der Waals surface area contributed by atoms with Gasteiger partial charge in [0.2, 0.25) is 0 Å². The Hall–Kier alpha value is -1.90. The van der Waals surface area contributed by atoms with Crippen molar-refractivity contribution in [2.24, 2.45) is 0 Å². The van der Waals surface area contributed by atoms with E-state index < -0.39 is 0 Å². The van der Waals surface area contributed by atoms with E-state index in [1.807, 2.05) is 0 Å². The molecule has 1 aromatic carbocycles. The maximum absolute atomic E-state index is 4.30. The number of unbranched alkanes of at least 4 members (excludes halogenated alkanes) is 18. The summed E-state index contributed by atoms with van der Waals surface area (Å²) in [5.74, 6) is 0. The molecule has 3 heteroatoms. The second kappa shape index (κ2) is 21.8. The molecule has 0 saturated heterocycles. The SMILES string of the molecule is C=C(CCCCCCCCCCCCCCCCCCCCC)NCCc1c[nH]c2ccc(NC3CCCC3)cc12. The van der Waals surface area contributed by atoms with E-state index in [9.17, 15) is 0 Å². The lowest BCUT2D eigenvalue weighted by molar-refractivity contribution is 0.522. The van der Waals surface area contributed by atoms with Crippen molar-refractivity contribution < 1.29 is 0 Å². The van der Waals surface area contributed by atoms with Crippen molar-refractivity contribution in [1.82, 2.24) is 10.3 Å². The number of rotatable bonds is 26. The molecule has 1 aliphatic rings. The number of nitrogens with one attached hydrogen (secondary N) is 3. The molecule has 0 atom stereocenters. The molecule has 0 aliphatic heterocycles. The number of hydrogen-bond acceptors (Lipinski definition) is 2. The van der Waals surface area contributed by atoms with Crippen molar-refractivity contribution in [3.8, 4) is 0 Å². The summed E-state index contributed by atoms with van der Waals surface area (Å²) in [6.45, 7) is 7.56. The van der Waals surface area contributed by atoms with E-state index in [0.29, 0.717) is 6.04 Å². The number of hydrogen-bond donors (Lipinski definition) is 3. The third-order valence-corrected chi connectivity index (χ3v) is 9.34. The lowest BCUT2D eigenvalue weighted by atomic mass is 10.0. The van der Waals surface area contributed by atoms with E-state index in [4.69, 9.17) is 0 Å². The zero-order chi connectivity index (χ0) is 28.8. The topological polar surface area (TPSA) is 39.9 Å². The summed E-state index contributed by atoms with van der Waals surface area (Å²) in [4.78, 5) is 3.46. The van der Waals surface area contributed by atoms with Crippen LogP contribution >= 0.6 is 0 Å². The number of aromatic nitrogens is 1. The summed E-state index contributed by atoms with van der Waals surface area (Å²) in [5.41, 5.74) is 5.12. The second-order valence-corrected chi connectivity index (χ2v) is 13.1. The summed E-state index contributed by atoms with van der Waals surface area (Å²) in [6, 6.07) is 7.44. The highest BCUT2D eigenvalue weighted by atomic mass is 14.9. The largest absolute Gasteiger partial charge is 0.388 e. The lowest BCUT2D eigenvalue weighted by Gasteiger charge is -2.14. The minimum absolute atomic E-state index is 0.656. The Morgan fingerprint density at radius 1 is 0.756 bits per heavy atom. The first-order valence-corrected chi connectivity index (χ1v) is 18.0. The van der Waals surface area contributed by atoms with Crippen molar-refractivity contribution in [3.63, 3.8) is 0 Å². The van der Waals surface area contributed by atoms with Crippen LogP contribution in [-0.4, -0.2) is 17.6 Å². The van der Waals surface area contributed by atoms with Gasteiger partial charge in [-0.15, -0.1) is 0 Å². The highest BCUT2D eigenvalue weighted by Gasteiger charge is 2.15. The molecule has 41 heavy (non-hydrogen) atoms. The molecule has 0 bridgehead atoms. The normalized spacial score (nSPS) is 13.8. The molecule has 1 heterocycles. The first-order valence-electron chi connectivity index (χ1n) is 18.0. The van der Waals surface area contributed by atoms with E-state index in [1.165, 1.54) is 176 Å². The van der Waals surface area contributed by atoms with Crippen LogP contribution in [0, 0.1) is 0 Å². The average Bonchev–Trinajstić information content (AvgIpc) is 3.64. The van der Waals surface area contributed by atoms with Gasteiger partial charge >= 0.3 is 0 Å². The first-order chi connectivity index (χ1) is 20.3. The highest BCUT2D eigenvalue weighted by molar-refractivity contribution is 5.86. The van der Waals surface area contributed by atoms with Gasteiger partial charge in [0.05, 0.1) is 0 Å². The van der Waals surface area contributed by atoms with Crippen LogP contribution in [0.5, 0.6) is 0 Å². The van der Waals surface area contributed by atoms with Crippen LogP contribution in [0.4, 0.5) is 5.69 Å². The van der Waals surface area contributed by atoms with Crippen LogP contribution in [0.2, 0.25) is 0 Å². The van der Waals surface area contributed by atoms with Gasteiger partial charge in [0, 0.05) is 41.1 Å². The third-order valence-electron chi connectivity index (χ3n) is 9.34. The van der Waals surface area contributed by atoms with Gasteiger partial charge in [-0.3, -0.25) is 0 Å². The summed E-state index contributed by atoms with van der Waals surface area (Å²) >= 11 is 0. The quantitative estimate of drug-likeness (QED) is 0.0996. The van der Waals surface area contributed by atoms with E-state index in [-0.39, 0.29) is 0 Å². The van der Waals surface area contributed by atoms with Crippen LogP contribution in [-0.2, 0) is 6.42 Å². The predicted octanol–water partition coefficient (Wildman–Crippen LogP) is 12.0. The molecule has 2 aromatic rings. The molecule has 0 unspecified atom stereocenters. The van der Waals surface area contributed by atoms with E-state index >= 15 is 0 Å². The van der Waals surface area contributed by atoms with Gasteiger partial charge < -0.3 is 15.6 Å². The van der Waals surface area contributed by atoms with Gasteiger partial charge in [-0.25, -0.2) is 0 Å². The molecule has 3 rings (SSSR count). The highest BCUT2D eigenvalue weighted by Crippen LogP contribution is 2.26. The van der Waals surface area contributed by atoms with Crippen molar-refractivity contribution in [1.29, 1.82) is 0 Å². The van der Waals surface area contributed by atoms with E-state index in [1.54, 1.807) is 0 Å². The molecule has 1 fully saturated rings. The third kappa shape index (κ3) is 14.7. The maximum atomic E-state index is 4.30. The van der Waals surface area contributed by atoms with Crippen LogP contribution < -0.4 is 10.6 Å². The summed E-state index contributed by atoms with van der Waals surface area (Å²) in [5, 5.41) is 8.70. The standard InChI is InChI=1S/C38H65N3/c1-3-4-5-6-7-8-9-10-11-12-13-14-15-16-17-18-19-20-21-24-33(2)39-30-29-34-32-40-38-28-27-36(31-37(34)38)41-35-25-22-23-26-35/h27-28,31-32,35,39-41H,2-26,29-30H2,1H3. The van der Waals surface area contributed by atoms with Crippen molar-refractivity contribution in [2.75, 3.05) is 11.9 Å². The van der Waals surface area contributed by atoms with Crippen molar-refractivity contribution in [3.05, 3.63) is 42.2 Å². The molecule has 1 saturated carbocycles. The van der Waals surface area contributed by atoms with Gasteiger partial charge in [0.15, 0.2) is 0 Å². The van der Waals surface area contributed by atoms with Gasteiger partial charge in [-0.2, -0.15) is 0 Å². The number of fused-ring (bicyclic) bond motifs is 1. The Bertz CT molecular complexity index is 923. The van der Waals surface area contributed by atoms with E-state index in [0.717, 1.165) is 19.4 Å². The fraction of sp³-hybridized carbons (Fsp3) is 0.737. The first kappa shape index (κ1) is 33.6. The molecule has 1 aliphatic carbocycles. The predicted molar refractivity (Wildman–Crippen MR) is 183 cm³/mol. The van der Waals surface area contributed by atoms with Crippen LogP contribution in [0.25, 0.3) is 10.9 Å². The molecule has 3 nitrogen and oxygen atoms in total. The number of allylic oxidation sites excluding steroid dienone is 1. The summed E-state index contributed by atoms with van der Waals surface area (Å²) < 4.78 is 0. The molecule has 0 spiro atoms. The molecular formula is C38H65N3. The van der Waals surface area contributed by atoms with E-state index in [2.05, 4.69) is 53.5 Å². The molecule has 1 aromatic heterocycles. The number of H-pyrrole nitrogens is 1. The summed E-state index contributed by atoms with van der Waals surface area (Å²) in [6.07, 6.45) is 36.9. The smallest absolute Gasteiger partial charge is 0.0458 e. The minimum Gasteiger partial charge on any atom is -0.388 e. The molecule has 232 valence electrons. The minimum atomic E-state index is 0.656. The van der Waals surface area contributed by atoms with Gasteiger partial charge in [-0.05, 0) is 55.9 Å². The maximum Gasteiger partial charge on any atom is 0.0458 e. The number of aromatic amines is 1. The monoisotopic (exact) mass is 564 g/mol. The zero-order valence-electron chi connectivity index (χ0n) is 27.0. The molecule has 0 amide bonds. The van der Waals surface area contributed by atoms with Gasteiger partial charge in [-0.1, -0.05) is 142 Å². The molecule has 3 N–H and O–H groups in total. The zero-order valence-corrected chi connectivity index (χ0v) is 27.0. The Labute approximate surface area is 254 Å². The molecule has 0 radical (unpaired) electrons. The fourth-order valence-corrected chi connectivity index (χ4v) is 6.66. The second-order valence-electron chi connectivity index (χ2n) is 13.1. The Morgan fingerprint density at radius 3 is 1.85 bits per heavy atom. The fourth-order valence-electron chi connectivity index (χ4n) is 6.66. The summed E-state index contributed by atoms with van der Waals surface area (Å²) in [7, 11) is 0. The Balaban J connectivity index is 1.09. The van der Waals surface area contributed by atoms with Gasteiger partial charge in [0.25, 0.3) is 0 Å². The van der Waals surface area contributed by atoms with Crippen LogP contribution in [0.15, 0.2) is 36.7 Å².